The molecule has 4 aliphatic rings. The van der Waals surface area contributed by atoms with E-state index < -0.39 is 24.4 Å². The van der Waals surface area contributed by atoms with E-state index in [1.54, 1.807) is 41.9 Å². The van der Waals surface area contributed by atoms with Crippen molar-refractivity contribution in [3.8, 4) is 92.6 Å². The number of fused-ring (bicyclic) bond motifs is 4. The van der Waals surface area contributed by atoms with Crippen molar-refractivity contribution in [2.75, 3.05) is 126 Å². The normalized spacial score (nSPS) is 15.8. The number of hydrogen-bond donors (Lipinski definition) is 4. The van der Waals surface area contributed by atoms with E-state index in [0.717, 1.165) is 154 Å². The minimum Gasteiger partial charge on any atom is -0.497 e. The second kappa shape index (κ2) is 49.1. The molecule has 8 aromatic heterocycles. The molecule has 33 nitrogen and oxygen atoms in total. The molecule has 0 radical (unpaired) electrons. The molecule has 12 heterocycles. The number of aryl methyl sites for hydroxylation is 6. The molecule has 0 bridgehead atoms. The Morgan fingerprint density at radius 3 is 0.986 bits per heavy atom. The number of furan rings is 4. The van der Waals surface area contributed by atoms with Crippen LogP contribution in [0.3, 0.4) is 0 Å². The molecule has 4 fully saturated rings. The molecular weight excluding hydrogens is 1920 g/mol. The second-order valence-corrected chi connectivity index (χ2v) is 38.6. The topological polar surface area (TPSA) is 407 Å². The summed E-state index contributed by atoms with van der Waals surface area (Å²) < 4.78 is 91.5. The van der Waals surface area contributed by atoms with Gasteiger partial charge in [-0.2, -0.15) is 0 Å². The molecule has 0 spiro atoms. The van der Waals surface area contributed by atoms with Crippen LogP contribution < -0.4 is 37.9 Å². The molecule has 0 aliphatic carbocycles. The maximum absolute atomic E-state index is 10.7. The first-order valence-electron chi connectivity index (χ1n) is 49.1. The number of nitrogens with zero attached hydrogens (tertiary/aromatic N) is 12. The Balaban J connectivity index is 0.000000138. The highest BCUT2D eigenvalue weighted by molar-refractivity contribution is 6.32. The van der Waals surface area contributed by atoms with Crippen LogP contribution in [0, 0.1) is 41.5 Å². The highest BCUT2D eigenvalue weighted by Crippen LogP contribution is 2.44. The lowest BCUT2D eigenvalue weighted by Gasteiger charge is -2.34. The van der Waals surface area contributed by atoms with Crippen LogP contribution in [0.5, 0.6) is 46.0 Å². The lowest BCUT2D eigenvalue weighted by Crippen LogP contribution is -2.40. The van der Waals surface area contributed by atoms with Crippen LogP contribution in [0.25, 0.3) is 90.5 Å². The Hall–Kier alpha value is -12.6. The maximum Gasteiger partial charge on any atom is 0.283 e. The minimum absolute atomic E-state index is 0. The SMILES string of the molecule is CCOc1ccc(C2CCN(CC(O)COc3cccc4oc(-c5nnc(C)o5)cc34)CC2)cc1Cl.COc1cc(Cl)cc(C)c1C1CCN(CC(O)COc2cccc3oc(-c4nnc(C)o4)cc23)CC1.COc1ccc(C2CCN(CC(O)COc3cccc4oc(-c5nnc(C)o5)cc34)CC2)c(C)c1.Cc1nnc(-c2cc3c(OCC(O)CN4CCC(c5ccc(OC(C)C)c(Cl)c5)CC4)cccc3o2)o1.O. The fourth-order valence-corrected chi connectivity index (χ4v) is 20.1. The van der Waals surface area contributed by atoms with Crippen molar-refractivity contribution in [3.05, 3.63) is 236 Å². The third kappa shape index (κ3) is 27.0. The number of hydrogen-bond acceptors (Lipinski definition) is 32. The van der Waals surface area contributed by atoms with Crippen molar-refractivity contribution in [1.29, 1.82) is 0 Å². The molecule has 36 heteroatoms. The number of aliphatic hydroxyl groups is 4. The van der Waals surface area contributed by atoms with E-state index >= 15 is 0 Å². The second-order valence-electron chi connectivity index (χ2n) is 37.3. The fraction of sp³-hybridized carbons (Fsp3) is 0.413. The summed E-state index contributed by atoms with van der Waals surface area (Å²) in [6, 6.07) is 52.1. The van der Waals surface area contributed by atoms with Gasteiger partial charge in [0.25, 0.3) is 23.6 Å². The van der Waals surface area contributed by atoms with Gasteiger partial charge < -0.3 is 119 Å². The number of halogens is 3. The van der Waals surface area contributed by atoms with Gasteiger partial charge in [0, 0.05) is 88.7 Å². The number of β-amino-alcohol motifs (C(OH)–C–C–N with tert-alkyl or cyclic N) is 4. The number of benzene rings is 8. The van der Waals surface area contributed by atoms with Crippen LogP contribution in [0.4, 0.5) is 0 Å². The standard InChI is InChI=1S/C28H32ClN3O5.2C27H30ClN3O5.C27H31N3O5.H2O/c1-17(2)35-26-8-7-20(13-23(26)29)19-9-11-32(12-10-19)15-21(33)16-34-24-5-4-6-25-22(24)14-27(37-25)28-31-30-18(3)36-28;1-16-11-19(28)12-24(33-3)26(16)18-7-9-31(10-8-18)14-20(32)15-34-22-5-4-6-23-21(22)13-25(36-23)27-30-29-17(2)35-27;1-3-33-25-8-7-19(13-22(25)28)18-9-11-31(12-10-18)15-20(32)16-34-23-5-4-6-24-21(23)14-26(36-24)27-30-29-17(2)35-27;1-17-13-21(32-3)7-8-22(17)19-9-11-30(12-10-19)15-20(31)16-33-24-5-4-6-25-23(24)14-26(35-25)27-29-28-18(2)34-27;/h4-8,13-14,17,19,21,33H,9-12,15-16H2,1-3H3;4-6,11-13,18,20,32H,7-10,14-15H2,1-3H3;4-8,13-14,18,20,32H,3,9-12,15-16H2,1-2H3;4-8,13-14,19-20,31H,9-12,15-16H2,1-3H3;1H2. The van der Waals surface area contributed by atoms with E-state index in [-0.39, 0.29) is 38.0 Å². The van der Waals surface area contributed by atoms with Crippen LogP contribution in [0.1, 0.15) is 153 Å². The molecule has 4 unspecified atom stereocenters. The predicted molar refractivity (Wildman–Crippen MR) is 551 cm³/mol. The first-order valence-corrected chi connectivity index (χ1v) is 50.2. The number of rotatable bonds is 34. The molecule has 0 saturated carbocycles. The van der Waals surface area contributed by atoms with Gasteiger partial charge in [0.15, 0.2) is 23.0 Å². The Kier molecular flexibility index (Phi) is 35.6. The molecule has 768 valence electrons. The molecule has 4 saturated heterocycles. The highest BCUT2D eigenvalue weighted by atomic mass is 35.5. The number of likely N-dealkylation sites (tertiary alicyclic amines) is 4. The summed E-state index contributed by atoms with van der Waals surface area (Å²) in [6.45, 7) is 28.1. The number of ether oxygens (including phenoxy) is 8. The zero-order chi connectivity index (χ0) is 101. The van der Waals surface area contributed by atoms with Gasteiger partial charge >= 0.3 is 0 Å². The summed E-state index contributed by atoms with van der Waals surface area (Å²) in [5.74, 6) is 12.8. The molecule has 4 aliphatic heterocycles. The Morgan fingerprint density at radius 1 is 0.345 bits per heavy atom. The van der Waals surface area contributed by atoms with Crippen molar-refractivity contribution in [2.24, 2.45) is 0 Å². The smallest absolute Gasteiger partial charge is 0.283 e. The number of methoxy groups -OCH3 is 2. The van der Waals surface area contributed by atoms with Gasteiger partial charge in [-0.15, -0.1) is 40.8 Å². The first-order chi connectivity index (χ1) is 69.7. The zero-order valence-electron chi connectivity index (χ0n) is 83.3. The number of aromatic nitrogens is 8. The van der Waals surface area contributed by atoms with Crippen molar-refractivity contribution >= 4 is 78.7 Å². The van der Waals surface area contributed by atoms with Gasteiger partial charge in [0.1, 0.15) is 119 Å². The van der Waals surface area contributed by atoms with Gasteiger partial charge in [0.05, 0.1) is 58.5 Å². The lowest BCUT2D eigenvalue weighted by molar-refractivity contribution is 0.0597. The largest absolute Gasteiger partial charge is 0.497 e. The van der Waals surface area contributed by atoms with E-state index in [1.807, 2.05) is 160 Å². The monoisotopic (exact) mass is 2040 g/mol. The Morgan fingerprint density at radius 2 is 0.683 bits per heavy atom. The minimum atomic E-state index is -0.617. The summed E-state index contributed by atoms with van der Waals surface area (Å²) in [7, 11) is 3.39. The first kappa shape index (κ1) is 105. The number of piperidine rings is 4. The van der Waals surface area contributed by atoms with Crippen molar-refractivity contribution in [3.63, 3.8) is 0 Å². The molecule has 6 N–H and O–H groups in total. The Bertz CT molecular complexity index is 6920. The van der Waals surface area contributed by atoms with Gasteiger partial charge in [-0.1, -0.05) is 77.3 Å². The van der Waals surface area contributed by atoms with E-state index in [9.17, 15) is 20.4 Å². The predicted octanol–water partition coefficient (Wildman–Crippen LogP) is 20.6. The summed E-state index contributed by atoms with van der Waals surface area (Å²) in [6.07, 6.45) is 5.88. The summed E-state index contributed by atoms with van der Waals surface area (Å²) in [4.78, 5) is 9.18. The molecule has 145 heavy (non-hydrogen) atoms. The van der Waals surface area contributed by atoms with Crippen LogP contribution in [-0.4, -0.2) is 243 Å². The van der Waals surface area contributed by atoms with E-state index in [4.69, 9.17) is 108 Å². The molecule has 8 aromatic carbocycles. The van der Waals surface area contributed by atoms with Crippen LogP contribution in [0.2, 0.25) is 15.1 Å². The average molecular weight is 2050 g/mol. The highest BCUT2D eigenvalue weighted by Gasteiger charge is 2.32. The number of aliphatic hydroxyl groups excluding tert-OH is 4. The van der Waals surface area contributed by atoms with Gasteiger partial charge in [-0.3, -0.25) is 0 Å². The van der Waals surface area contributed by atoms with Crippen molar-refractivity contribution in [1.82, 2.24) is 60.4 Å². The fourth-order valence-electron chi connectivity index (χ4n) is 19.3. The third-order valence-electron chi connectivity index (χ3n) is 26.4. The molecule has 4 atom stereocenters. The van der Waals surface area contributed by atoms with Crippen LogP contribution in [0.15, 0.2) is 199 Å². The zero-order valence-corrected chi connectivity index (χ0v) is 85.6. The quantitative estimate of drug-likeness (QED) is 0.0291. The summed E-state index contributed by atoms with van der Waals surface area (Å²) in [5.41, 5.74) is 10.2. The Labute approximate surface area is 855 Å². The molecule has 20 rings (SSSR count). The van der Waals surface area contributed by atoms with Crippen molar-refractivity contribution in [2.45, 2.75) is 168 Å². The van der Waals surface area contributed by atoms with Gasteiger partial charge in [0.2, 0.25) is 23.6 Å². The van der Waals surface area contributed by atoms with Crippen LogP contribution in [-0.2, 0) is 0 Å². The average Bonchev–Trinajstić information content (AvgIpc) is 1.67. The van der Waals surface area contributed by atoms with E-state index in [2.05, 4.69) is 98.5 Å². The maximum atomic E-state index is 10.7. The van der Waals surface area contributed by atoms with Gasteiger partial charge in [-0.25, -0.2) is 0 Å². The summed E-state index contributed by atoms with van der Waals surface area (Å²) in [5, 5.41) is 79.4. The third-order valence-corrected chi connectivity index (χ3v) is 27.2. The molecular formula is C109H125Cl3N12O21. The molecule has 0 amide bonds. The van der Waals surface area contributed by atoms with E-state index in [1.165, 1.54) is 27.8 Å². The van der Waals surface area contributed by atoms with Gasteiger partial charge in [-0.05, 0) is 287 Å². The van der Waals surface area contributed by atoms with Crippen molar-refractivity contribution < 1.29 is 99.1 Å². The lowest BCUT2D eigenvalue weighted by atomic mass is 9.86. The molecule has 16 aromatic rings. The van der Waals surface area contributed by atoms with E-state index in [0.29, 0.717) is 187 Å². The summed E-state index contributed by atoms with van der Waals surface area (Å²) >= 11 is 19.0. The van der Waals surface area contributed by atoms with Crippen LogP contribution >= 0.6 is 34.8 Å².